The van der Waals surface area contributed by atoms with E-state index in [0.717, 1.165) is 10.9 Å². The highest BCUT2D eigenvalue weighted by atomic mass is 19.4. The summed E-state index contributed by atoms with van der Waals surface area (Å²) in [6.45, 7) is 2.02. The maximum absolute atomic E-state index is 13.7. The van der Waals surface area contributed by atoms with Gasteiger partial charge in [0.05, 0.1) is 26.0 Å². The molecule has 158 valence electrons. The molecule has 2 heterocycles. The van der Waals surface area contributed by atoms with E-state index in [1.165, 1.54) is 14.2 Å². The number of methoxy groups -OCH3 is 2. The van der Waals surface area contributed by atoms with Crippen LogP contribution in [0.4, 0.5) is 19.0 Å². The van der Waals surface area contributed by atoms with Gasteiger partial charge in [-0.15, -0.1) is 0 Å². The molecule has 1 aliphatic heterocycles. The van der Waals surface area contributed by atoms with Crippen LogP contribution in [0.3, 0.4) is 0 Å². The number of halogens is 3. The number of ether oxygens (including phenoxy) is 2. The number of carbonyl (C=O) groups excluding carboxylic acids is 1. The van der Waals surface area contributed by atoms with Gasteiger partial charge in [-0.25, -0.2) is 4.68 Å². The average molecular weight is 412 g/mol. The van der Waals surface area contributed by atoms with Gasteiger partial charge in [-0.2, -0.15) is 18.3 Å². The zero-order valence-electron chi connectivity index (χ0n) is 16.3. The molecule has 1 aliphatic rings. The molecule has 0 aliphatic carbocycles. The molecule has 7 nitrogen and oxygen atoms in total. The zero-order chi connectivity index (χ0) is 21.2. The first-order chi connectivity index (χ1) is 13.7. The van der Waals surface area contributed by atoms with E-state index in [1.807, 2.05) is 0 Å². The van der Waals surface area contributed by atoms with Crippen molar-refractivity contribution in [1.82, 2.24) is 15.1 Å². The molecule has 0 spiro atoms. The molecular weight excluding hydrogens is 389 g/mol. The predicted molar refractivity (Wildman–Crippen MR) is 100 cm³/mol. The Bertz CT molecular complexity index is 869. The molecule has 0 bridgehead atoms. The van der Waals surface area contributed by atoms with Crippen LogP contribution in [0.25, 0.3) is 0 Å². The SMILES string of the molecule is COC[C@H](C)NC(=O)c1cnn2c1N[C@@H](c1cccc(OC)c1)C[C@@H]2C(F)(F)F. The summed E-state index contributed by atoms with van der Waals surface area (Å²) in [7, 11) is 2.99. The van der Waals surface area contributed by atoms with Crippen LogP contribution in [0, 0.1) is 0 Å². The number of fused-ring (bicyclic) bond motifs is 1. The number of alkyl halides is 3. The van der Waals surface area contributed by atoms with E-state index in [0.29, 0.717) is 11.3 Å². The molecule has 3 atom stereocenters. The van der Waals surface area contributed by atoms with Crippen LogP contribution in [-0.4, -0.2) is 48.7 Å². The molecule has 29 heavy (non-hydrogen) atoms. The Morgan fingerprint density at radius 3 is 2.83 bits per heavy atom. The van der Waals surface area contributed by atoms with E-state index >= 15 is 0 Å². The first kappa shape index (κ1) is 21.0. The summed E-state index contributed by atoms with van der Waals surface area (Å²) in [6.07, 6.45) is -3.62. The number of carbonyl (C=O) groups is 1. The van der Waals surface area contributed by atoms with Crippen LogP contribution < -0.4 is 15.4 Å². The molecule has 0 unspecified atom stereocenters. The third kappa shape index (κ3) is 4.47. The van der Waals surface area contributed by atoms with Crippen molar-refractivity contribution in [3.05, 3.63) is 41.6 Å². The van der Waals surface area contributed by atoms with Crippen molar-refractivity contribution in [3.63, 3.8) is 0 Å². The lowest BCUT2D eigenvalue weighted by Crippen LogP contribution is -2.38. The third-order valence-corrected chi connectivity index (χ3v) is 4.77. The zero-order valence-corrected chi connectivity index (χ0v) is 16.3. The number of hydrogen-bond donors (Lipinski definition) is 2. The molecule has 1 amide bonds. The molecule has 1 aromatic carbocycles. The fourth-order valence-electron chi connectivity index (χ4n) is 3.40. The Morgan fingerprint density at radius 1 is 1.41 bits per heavy atom. The van der Waals surface area contributed by atoms with Gasteiger partial charge in [0, 0.05) is 19.6 Å². The maximum Gasteiger partial charge on any atom is 0.410 e. The van der Waals surface area contributed by atoms with Gasteiger partial charge in [0.1, 0.15) is 17.1 Å². The lowest BCUT2D eigenvalue weighted by molar-refractivity contribution is -0.173. The number of amides is 1. The standard InChI is InChI=1S/C19H23F3N4O3/c1-11(10-28-2)24-18(27)14-9-23-26-16(19(20,21)22)8-15(25-17(14)26)12-5-4-6-13(7-12)29-3/h4-7,9,11,15-16,25H,8,10H2,1-3H3,(H,24,27)/t11-,15+,16+/m0/s1. The van der Waals surface area contributed by atoms with Crippen LogP contribution in [0.15, 0.2) is 30.5 Å². The summed E-state index contributed by atoms with van der Waals surface area (Å²) >= 11 is 0. The number of rotatable bonds is 6. The van der Waals surface area contributed by atoms with Gasteiger partial charge in [0.15, 0.2) is 6.04 Å². The van der Waals surface area contributed by atoms with Crippen LogP contribution in [0.2, 0.25) is 0 Å². The fraction of sp³-hybridized carbons (Fsp3) is 0.474. The Balaban J connectivity index is 1.96. The van der Waals surface area contributed by atoms with Crippen molar-refractivity contribution >= 4 is 11.7 Å². The lowest BCUT2D eigenvalue weighted by Gasteiger charge is -2.34. The summed E-state index contributed by atoms with van der Waals surface area (Å²) in [5.74, 6) is 0.0577. The van der Waals surface area contributed by atoms with Gasteiger partial charge in [-0.1, -0.05) is 12.1 Å². The first-order valence-electron chi connectivity index (χ1n) is 9.09. The monoisotopic (exact) mass is 412 g/mol. The van der Waals surface area contributed by atoms with E-state index in [1.54, 1.807) is 31.2 Å². The van der Waals surface area contributed by atoms with Crippen molar-refractivity contribution in [2.75, 3.05) is 26.1 Å². The van der Waals surface area contributed by atoms with Crippen molar-refractivity contribution in [1.29, 1.82) is 0 Å². The molecule has 0 saturated carbocycles. The topological polar surface area (TPSA) is 77.4 Å². The van der Waals surface area contributed by atoms with Crippen LogP contribution in [0.5, 0.6) is 5.75 Å². The van der Waals surface area contributed by atoms with Gasteiger partial charge in [0.25, 0.3) is 5.91 Å². The predicted octanol–water partition coefficient (Wildman–Crippen LogP) is 3.32. The van der Waals surface area contributed by atoms with E-state index < -0.39 is 24.2 Å². The molecule has 0 radical (unpaired) electrons. The number of nitrogens with zero attached hydrogens (tertiary/aromatic N) is 2. The van der Waals surface area contributed by atoms with Crippen LogP contribution >= 0.6 is 0 Å². The van der Waals surface area contributed by atoms with E-state index in [4.69, 9.17) is 9.47 Å². The molecular formula is C19H23F3N4O3. The number of benzene rings is 1. The Labute approximate surface area is 166 Å². The van der Waals surface area contributed by atoms with E-state index in [2.05, 4.69) is 15.7 Å². The van der Waals surface area contributed by atoms with Gasteiger partial charge < -0.3 is 20.1 Å². The summed E-state index contributed by atoms with van der Waals surface area (Å²) in [4.78, 5) is 12.6. The molecule has 10 heteroatoms. The highest BCUT2D eigenvalue weighted by Crippen LogP contribution is 2.44. The minimum atomic E-state index is -4.52. The van der Waals surface area contributed by atoms with Crippen molar-refractivity contribution in [2.45, 2.75) is 37.6 Å². The van der Waals surface area contributed by atoms with Gasteiger partial charge in [0.2, 0.25) is 0 Å². The largest absolute Gasteiger partial charge is 0.497 e. The summed E-state index contributed by atoms with van der Waals surface area (Å²) in [5, 5.41) is 9.61. The Hall–Kier alpha value is -2.75. The molecule has 2 N–H and O–H groups in total. The second kappa shape index (κ2) is 8.32. The Kier molecular flexibility index (Phi) is 6.02. The van der Waals surface area contributed by atoms with E-state index in [-0.39, 0.29) is 30.5 Å². The number of nitrogens with one attached hydrogen (secondary N) is 2. The third-order valence-electron chi connectivity index (χ3n) is 4.77. The van der Waals surface area contributed by atoms with Crippen molar-refractivity contribution in [2.24, 2.45) is 0 Å². The van der Waals surface area contributed by atoms with Crippen molar-refractivity contribution < 1.29 is 27.4 Å². The van der Waals surface area contributed by atoms with Gasteiger partial charge in [-0.05, 0) is 24.6 Å². The quantitative estimate of drug-likeness (QED) is 0.761. The lowest BCUT2D eigenvalue weighted by atomic mass is 9.96. The summed E-state index contributed by atoms with van der Waals surface area (Å²) in [6, 6.07) is 4.01. The highest BCUT2D eigenvalue weighted by Gasteiger charge is 2.47. The second-order valence-corrected chi connectivity index (χ2v) is 6.95. The summed E-state index contributed by atoms with van der Waals surface area (Å²) < 4.78 is 52.2. The molecule has 3 rings (SSSR count). The summed E-state index contributed by atoms with van der Waals surface area (Å²) in [5.41, 5.74) is 0.681. The number of hydrogen-bond acceptors (Lipinski definition) is 5. The smallest absolute Gasteiger partial charge is 0.410 e. The second-order valence-electron chi connectivity index (χ2n) is 6.95. The minimum Gasteiger partial charge on any atom is -0.497 e. The highest BCUT2D eigenvalue weighted by molar-refractivity contribution is 5.99. The van der Waals surface area contributed by atoms with Crippen LogP contribution in [0.1, 0.15) is 41.3 Å². The first-order valence-corrected chi connectivity index (χ1v) is 9.09. The normalized spacial score (nSPS) is 19.8. The van der Waals surface area contributed by atoms with Gasteiger partial charge in [-0.3, -0.25) is 4.79 Å². The number of aromatic nitrogens is 2. The molecule has 2 aromatic rings. The fourth-order valence-corrected chi connectivity index (χ4v) is 3.40. The molecule has 0 saturated heterocycles. The van der Waals surface area contributed by atoms with Gasteiger partial charge >= 0.3 is 6.18 Å². The van der Waals surface area contributed by atoms with Crippen molar-refractivity contribution in [3.8, 4) is 5.75 Å². The average Bonchev–Trinajstić information content (AvgIpc) is 3.10. The maximum atomic E-state index is 13.7. The van der Waals surface area contributed by atoms with Crippen LogP contribution in [-0.2, 0) is 4.74 Å². The van der Waals surface area contributed by atoms with E-state index in [9.17, 15) is 18.0 Å². The minimum absolute atomic E-state index is 0.0357. The molecule has 0 fully saturated rings. The number of anilines is 1. The molecule has 1 aromatic heterocycles. The Morgan fingerprint density at radius 2 is 2.17 bits per heavy atom.